The second-order valence-electron chi connectivity index (χ2n) is 2.33. The van der Waals surface area contributed by atoms with Gasteiger partial charge in [-0.15, -0.1) is 0 Å². The highest BCUT2D eigenvalue weighted by molar-refractivity contribution is 6.31. The van der Waals surface area contributed by atoms with Gasteiger partial charge in [0, 0.05) is 0 Å². The van der Waals surface area contributed by atoms with Crippen LogP contribution in [0.1, 0.15) is 25.0 Å². The molecule has 0 aromatic heterocycles. The van der Waals surface area contributed by atoms with E-state index in [4.69, 9.17) is 11.6 Å². The van der Waals surface area contributed by atoms with Crippen LogP contribution >= 0.6 is 11.6 Å². The molecule has 12 heavy (non-hydrogen) atoms. The predicted molar refractivity (Wildman–Crippen MR) is 52.2 cm³/mol. The van der Waals surface area contributed by atoms with Crippen LogP contribution in [0, 0.1) is 19.7 Å². The standard InChI is InChI=1S/C8H8ClF.C2H6/c1-5-3-4-6(2)8(10)7(5)9;1-2/h3-4H,1-2H3;1-2H3. The second kappa shape index (κ2) is 5.15. The van der Waals surface area contributed by atoms with Crippen LogP contribution < -0.4 is 0 Å². The fourth-order valence-corrected chi connectivity index (χ4v) is 0.955. The summed E-state index contributed by atoms with van der Waals surface area (Å²) in [5, 5.41) is 0.236. The fourth-order valence-electron chi connectivity index (χ4n) is 0.743. The van der Waals surface area contributed by atoms with Crippen LogP contribution in [-0.2, 0) is 0 Å². The van der Waals surface area contributed by atoms with Crippen LogP contribution in [0.2, 0.25) is 5.02 Å². The highest BCUT2D eigenvalue weighted by atomic mass is 35.5. The average Bonchev–Trinajstić information content (AvgIpc) is 2.12. The molecule has 2 heteroatoms. The summed E-state index contributed by atoms with van der Waals surface area (Å²) in [6, 6.07) is 3.53. The number of hydrogen-bond acceptors (Lipinski definition) is 0. The van der Waals surface area contributed by atoms with E-state index in [1.807, 2.05) is 13.8 Å². The predicted octanol–water partition coefficient (Wildman–Crippen LogP) is 4.12. The van der Waals surface area contributed by atoms with Gasteiger partial charge in [-0.2, -0.15) is 0 Å². The summed E-state index contributed by atoms with van der Waals surface area (Å²) in [6.45, 7) is 7.48. The Morgan fingerprint density at radius 2 is 1.50 bits per heavy atom. The Labute approximate surface area is 78.4 Å². The van der Waals surface area contributed by atoms with Gasteiger partial charge in [-0.1, -0.05) is 37.6 Å². The van der Waals surface area contributed by atoms with E-state index in [0.29, 0.717) is 5.56 Å². The average molecular weight is 189 g/mol. The first kappa shape index (κ1) is 11.4. The molecule has 0 heterocycles. The molecule has 0 N–H and O–H groups in total. The minimum absolute atomic E-state index is 0.236. The normalized spacial score (nSPS) is 8.83. The van der Waals surface area contributed by atoms with Gasteiger partial charge in [0.1, 0.15) is 5.82 Å². The lowest BCUT2D eigenvalue weighted by Gasteiger charge is -2.00. The molecule has 0 saturated carbocycles. The van der Waals surface area contributed by atoms with Crippen molar-refractivity contribution in [1.29, 1.82) is 0 Å². The van der Waals surface area contributed by atoms with Gasteiger partial charge in [-0.3, -0.25) is 0 Å². The van der Waals surface area contributed by atoms with Crippen LogP contribution in [0.5, 0.6) is 0 Å². The molecule has 0 radical (unpaired) electrons. The number of aryl methyl sites for hydroxylation is 2. The molecule has 1 aromatic rings. The molecule has 0 aliphatic carbocycles. The van der Waals surface area contributed by atoms with Gasteiger partial charge in [0.2, 0.25) is 0 Å². The van der Waals surface area contributed by atoms with Crippen molar-refractivity contribution in [2.75, 3.05) is 0 Å². The molecule has 0 bridgehead atoms. The van der Waals surface area contributed by atoms with E-state index in [-0.39, 0.29) is 10.8 Å². The van der Waals surface area contributed by atoms with Gasteiger partial charge >= 0.3 is 0 Å². The third kappa shape index (κ3) is 2.49. The molecule has 0 aliphatic rings. The van der Waals surface area contributed by atoms with Crippen molar-refractivity contribution < 1.29 is 4.39 Å². The van der Waals surface area contributed by atoms with Crippen molar-refractivity contribution in [3.63, 3.8) is 0 Å². The number of halogens is 2. The van der Waals surface area contributed by atoms with Crippen LogP contribution in [0.15, 0.2) is 12.1 Å². The molecule has 0 amide bonds. The number of rotatable bonds is 0. The van der Waals surface area contributed by atoms with Gasteiger partial charge in [-0.25, -0.2) is 4.39 Å². The molecule has 1 aromatic carbocycles. The van der Waals surface area contributed by atoms with Crippen molar-refractivity contribution in [2.45, 2.75) is 27.7 Å². The summed E-state index contributed by atoms with van der Waals surface area (Å²) in [5.41, 5.74) is 1.38. The van der Waals surface area contributed by atoms with Crippen molar-refractivity contribution in [1.82, 2.24) is 0 Å². The maximum atomic E-state index is 12.9. The van der Waals surface area contributed by atoms with E-state index >= 15 is 0 Å². The second-order valence-corrected chi connectivity index (χ2v) is 2.71. The Morgan fingerprint density at radius 1 is 1.08 bits per heavy atom. The van der Waals surface area contributed by atoms with Gasteiger partial charge in [0.15, 0.2) is 0 Å². The summed E-state index contributed by atoms with van der Waals surface area (Å²) in [4.78, 5) is 0. The quantitative estimate of drug-likeness (QED) is 0.575. The first-order valence-corrected chi connectivity index (χ1v) is 4.42. The van der Waals surface area contributed by atoms with Crippen molar-refractivity contribution >= 4 is 11.6 Å². The molecule has 1 rings (SSSR count). The van der Waals surface area contributed by atoms with E-state index < -0.39 is 0 Å². The van der Waals surface area contributed by atoms with E-state index in [1.54, 1.807) is 26.0 Å². The molecule has 0 atom stereocenters. The molecule has 0 spiro atoms. The van der Waals surface area contributed by atoms with Gasteiger partial charge in [0.25, 0.3) is 0 Å². The number of hydrogen-bond donors (Lipinski definition) is 0. The minimum atomic E-state index is -0.304. The van der Waals surface area contributed by atoms with Crippen molar-refractivity contribution in [3.8, 4) is 0 Å². The summed E-state index contributed by atoms with van der Waals surface area (Å²) < 4.78 is 12.9. The Morgan fingerprint density at radius 3 is 1.92 bits per heavy atom. The van der Waals surface area contributed by atoms with E-state index in [9.17, 15) is 4.39 Å². The topological polar surface area (TPSA) is 0 Å². The fraction of sp³-hybridized carbons (Fsp3) is 0.400. The zero-order valence-electron chi connectivity index (χ0n) is 7.91. The lowest BCUT2D eigenvalue weighted by Crippen LogP contribution is -1.85. The van der Waals surface area contributed by atoms with Crippen LogP contribution in [0.25, 0.3) is 0 Å². The molecule has 0 unspecified atom stereocenters. The Hall–Kier alpha value is -0.560. The maximum absolute atomic E-state index is 12.9. The Balaban J connectivity index is 0.000000561. The van der Waals surface area contributed by atoms with Gasteiger partial charge in [-0.05, 0) is 25.0 Å². The lowest BCUT2D eigenvalue weighted by molar-refractivity contribution is 0.618. The highest BCUT2D eigenvalue weighted by Gasteiger charge is 2.03. The molecule has 0 saturated heterocycles. The van der Waals surface area contributed by atoms with Crippen LogP contribution in [-0.4, -0.2) is 0 Å². The first-order valence-electron chi connectivity index (χ1n) is 4.04. The van der Waals surface area contributed by atoms with Crippen LogP contribution in [0.3, 0.4) is 0 Å². The Kier molecular flexibility index (Phi) is 4.91. The molecule has 0 nitrogen and oxygen atoms in total. The minimum Gasteiger partial charge on any atom is -0.205 e. The number of benzene rings is 1. The smallest absolute Gasteiger partial charge is 0.144 e. The van der Waals surface area contributed by atoms with E-state index in [2.05, 4.69) is 0 Å². The SMILES string of the molecule is CC.Cc1ccc(C)c(Cl)c1F. The third-order valence-electron chi connectivity index (χ3n) is 1.47. The molecule has 0 fully saturated rings. The van der Waals surface area contributed by atoms with Crippen molar-refractivity contribution in [3.05, 3.63) is 34.1 Å². The van der Waals surface area contributed by atoms with E-state index in [0.717, 1.165) is 5.56 Å². The monoisotopic (exact) mass is 188 g/mol. The summed E-state index contributed by atoms with van der Waals surface area (Å²) >= 11 is 5.61. The zero-order valence-corrected chi connectivity index (χ0v) is 8.67. The first-order chi connectivity index (χ1) is 5.63. The molecular formula is C10H14ClF. The van der Waals surface area contributed by atoms with Gasteiger partial charge in [0.05, 0.1) is 5.02 Å². The van der Waals surface area contributed by atoms with Crippen LogP contribution in [0.4, 0.5) is 4.39 Å². The summed E-state index contributed by atoms with van der Waals surface area (Å²) in [7, 11) is 0. The third-order valence-corrected chi connectivity index (χ3v) is 1.93. The zero-order chi connectivity index (χ0) is 9.72. The molecule has 68 valence electrons. The summed E-state index contributed by atoms with van der Waals surface area (Å²) in [5.74, 6) is -0.304. The Bertz CT molecular complexity index is 229. The maximum Gasteiger partial charge on any atom is 0.144 e. The largest absolute Gasteiger partial charge is 0.205 e. The lowest BCUT2D eigenvalue weighted by atomic mass is 10.1. The van der Waals surface area contributed by atoms with Crippen molar-refractivity contribution in [2.24, 2.45) is 0 Å². The molecular weight excluding hydrogens is 175 g/mol. The van der Waals surface area contributed by atoms with Gasteiger partial charge < -0.3 is 0 Å². The summed E-state index contributed by atoms with van der Waals surface area (Å²) in [6.07, 6.45) is 0. The highest BCUT2D eigenvalue weighted by Crippen LogP contribution is 2.21. The van der Waals surface area contributed by atoms with E-state index in [1.165, 1.54) is 0 Å². The molecule has 0 aliphatic heterocycles.